The van der Waals surface area contributed by atoms with Gasteiger partial charge in [0.25, 0.3) is 0 Å². The van der Waals surface area contributed by atoms with Crippen LogP contribution in [0.3, 0.4) is 0 Å². The molecule has 0 radical (unpaired) electrons. The molecule has 0 bridgehead atoms. The number of carbonyl (C=O) groups excluding carboxylic acids is 1. The van der Waals surface area contributed by atoms with Crippen LogP contribution in [0.4, 0.5) is 0 Å². The van der Waals surface area contributed by atoms with Gasteiger partial charge in [-0.3, -0.25) is 9.69 Å². The van der Waals surface area contributed by atoms with E-state index in [4.69, 9.17) is 9.47 Å². The van der Waals surface area contributed by atoms with Crippen LogP contribution in [0.25, 0.3) is 0 Å². The number of ether oxygens (including phenoxy) is 2. The molecule has 30 heavy (non-hydrogen) atoms. The summed E-state index contributed by atoms with van der Waals surface area (Å²) in [5, 5.41) is 24.0. The quantitative estimate of drug-likeness (QED) is 0.476. The SMILES string of the molecule is CCCCCCCC(=O)N[C@H](CN1CC[C@@H](O)C1)[C@@H](O)c1ccc2c(c1)OCCO2. The van der Waals surface area contributed by atoms with Gasteiger partial charge < -0.3 is 25.0 Å². The highest BCUT2D eigenvalue weighted by molar-refractivity contribution is 5.76. The molecule has 2 aliphatic heterocycles. The Morgan fingerprint density at radius 1 is 1.20 bits per heavy atom. The molecule has 0 aliphatic carbocycles. The van der Waals surface area contributed by atoms with E-state index < -0.39 is 12.1 Å². The molecule has 2 heterocycles. The highest BCUT2D eigenvalue weighted by Gasteiger charge is 2.29. The Labute approximate surface area is 179 Å². The summed E-state index contributed by atoms with van der Waals surface area (Å²) in [6.07, 6.45) is 5.42. The Bertz CT molecular complexity index is 684. The summed E-state index contributed by atoms with van der Waals surface area (Å²) in [7, 11) is 0. The second kappa shape index (κ2) is 11.5. The van der Waals surface area contributed by atoms with Crippen molar-refractivity contribution in [3.8, 4) is 11.5 Å². The third-order valence-electron chi connectivity index (χ3n) is 5.85. The third-order valence-corrected chi connectivity index (χ3v) is 5.85. The molecule has 0 unspecified atom stereocenters. The van der Waals surface area contributed by atoms with Gasteiger partial charge in [-0.15, -0.1) is 0 Å². The summed E-state index contributed by atoms with van der Waals surface area (Å²) in [5.41, 5.74) is 0.687. The number of hydrogen-bond donors (Lipinski definition) is 3. The molecular formula is C23H36N2O5. The van der Waals surface area contributed by atoms with Crippen molar-refractivity contribution in [3.63, 3.8) is 0 Å². The fourth-order valence-electron chi connectivity index (χ4n) is 4.12. The monoisotopic (exact) mass is 420 g/mol. The van der Waals surface area contributed by atoms with Gasteiger partial charge in [-0.1, -0.05) is 38.7 Å². The van der Waals surface area contributed by atoms with E-state index in [1.165, 1.54) is 12.8 Å². The van der Waals surface area contributed by atoms with Crippen molar-refractivity contribution in [1.29, 1.82) is 0 Å². The Kier molecular flexibility index (Phi) is 8.78. The number of unbranched alkanes of at least 4 members (excludes halogenated alkanes) is 4. The molecule has 0 aromatic heterocycles. The number of rotatable bonds is 11. The second-order valence-electron chi connectivity index (χ2n) is 8.39. The molecule has 1 amide bonds. The van der Waals surface area contributed by atoms with Gasteiger partial charge in [0, 0.05) is 26.1 Å². The number of nitrogens with zero attached hydrogens (tertiary/aromatic N) is 1. The molecule has 1 aromatic carbocycles. The smallest absolute Gasteiger partial charge is 0.220 e. The van der Waals surface area contributed by atoms with Gasteiger partial charge in [0.2, 0.25) is 5.91 Å². The zero-order chi connectivity index (χ0) is 21.3. The summed E-state index contributed by atoms with van der Waals surface area (Å²) >= 11 is 0. The normalized spacial score (nSPS) is 20.7. The molecule has 1 aromatic rings. The minimum Gasteiger partial charge on any atom is -0.486 e. The molecule has 1 saturated heterocycles. The molecule has 7 heteroatoms. The largest absolute Gasteiger partial charge is 0.486 e. The number of β-amino-alcohol motifs (C(OH)–C–C–N with tert-alkyl or cyclic N) is 1. The fourth-order valence-corrected chi connectivity index (χ4v) is 4.12. The molecule has 0 spiro atoms. The highest BCUT2D eigenvalue weighted by atomic mass is 16.6. The molecule has 7 nitrogen and oxygen atoms in total. The summed E-state index contributed by atoms with van der Waals surface area (Å²) in [6, 6.07) is 4.96. The average Bonchev–Trinajstić information content (AvgIpc) is 3.17. The minimum absolute atomic E-state index is 0.0344. The van der Waals surface area contributed by atoms with E-state index in [1.807, 2.05) is 6.07 Å². The lowest BCUT2D eigenvalue weighted by atomic mass is 10.0. The number of likely N-dealkylation sites (tertiary alicyclic amines) is 1. The lowest BCUT2D eigenvalue weighted by molar-refractivity contribution is -0.123. The van der Waals surface area contributed by atoms with Crippen LogP contribution in [0.5, 0.6) is 11.5 Å². The number of amides is 1. The molecular weight excluding hydrogens is 384 g/mol. The minimum atomic E-state index is -0.873. The van der Waals surface area contributed by atoms with Crippen molar-refractivity contribution in [2.75, 3.05) is 32.8 Å². The van der Waals surface area contributed by atoms with Crippen molar-refractivity contribution in [2.24, 2.45) is 0 Å². The van der Waals surface area contributed by atoms with Crippen LogP contribution in [-0.4, -0.2) is 66.0 Å². The van der Waals surface area contributed by atoms with Gasteiger partial charge in [-0.05, 0) is 30.5 Å². The first-order chi connectivity index (χ1) is 14.6. The van der Waals surface area contributed by atoms with E-state index in [2.05, 4.69) is 17.1 Å². The van der Waals surface area contributed by atoms with Crippen LogP contribution < -0.4 is 14.8 Å². The molecule has 0 saturated carbocycles. The van der Waals surface area contributed by atoms with Crippen molar-refractivity contribution in [3.05, 3.63) is 23.8 Å². The zero-order valence-electron chi connectivity index (χ0n) is 18.0. The molecule has 168 valence electrons. The highest BCUT2D eigenvalue weighted by Crippen LogP contribution is 2.33. The maximum absolute atomic E-state index is 12.6. The summed E-state index contributed by atoms with van der Waals surface area (Å²) in [5.74, 6) is 1.26. The number of benzene rings is 1. The number of aliphatic hydroxyl groups excluding tert-OH is 2. The van der Waals surface area contributed by atoms with Crippen LogP contribution >= 0.6 is 0 Å². The number of carbonyl (C=O) groups is 1. The van der Waals surface area contributed by atoms with Crippen LogP contribution in [0.1, 0.15) is 63.5 Å². The van der Waals surface area contributed by atoms with E-state index in [0.717, 1.165) is 32.2 Å². The van der Waals surface area contributed by atoms with Gasteiger partial charge in [-0.2, -0.15) is 0 Å². The Morgan fingerprint density at radius 2 is 1.97 bits per heavy atom. The number of nitrogens with one attached hydrogen (secondary N) is 1. The third kappa shape index (κ3) is 6.59. The van der Waals surface area contributed by atoms with Gasteiger partial charge >= 0.3 is 0 Å². The molecule has 1 fully saturated rings. The number of hydrogen-bond acceptors (Lipinski definition) is 6. The van der Waals surface area contributed by atoms with Gasteiger partial charge in [0.1, 0.15) is 19.3 Å². The first-order valence-electron chi connectivity index (χ1n) is 11.3. The molecule has 3 N–H and O–H groups in total. The molecule has 3 rings (SSSR count). The van der Waals surface area contributed by atoms with Crippen LogP contribution in [0.2, 0.25) is 0 Å². The van der Waals surface area contributed by atoms with Crippen LogP contribution in [0, 0.1) is 0 Å². The molecule has 3 atom stereocenters. The fraction of sp³-hybridized carbons (Fsp3) is 0.696. The predicted octanol–water partition coefficient (Wildman–Crippen LogP) is 2.40. The topological polar surface area (TPSA) is 91.3 Å². The lowest BCUT2D eigenvalue weighted by Crippen LogP contribution is -2.47. The Hall–Kier alpha value is -1.83. The van der Waals surface area contributed by atoms with Crippen molar-refractivity contribution in [2.45, 2.75) is 70.1 Å². The van der Waals surface area contributed by atoms with Crippen LogP contribution in [0.15, 0.2) is 18.2 Å². The Balaban J connectivity index is 1.63. The van der Waals surface area contributed by atoms with Crippen LogP contribution in [-0.2, 0) is 4.79 Å². The van der Waals surface area contributed by atoms with E-state index in [1.54, 1.807) is 12.1 Å². The van der Waals surface area contributed by atoms with Crippen molar-refractivity contribution in [1.82, 2.24) is 10.2 Å². The average molecular weight is 421 g/mol. The van der Waals surface area contributed by atoms with Gasteiger partial charge in [0.05, 0.1) is 12.1 Å². The first kappa shape index (κ1) is 22.8. The number of fused-ring (bicyclic) bond motifs is 1. The van der Waals surface area contributed by atoms with E-state index in [-0.39, 0.29) is 12.0 Å². The summed E-state index contributed by atoms with van der Waals surface area (Å²) in [4.78, 5) is 14.7. The van der Waals surface area contributed by atoms with E-state index >= 15 is 0 Å². The maximum atomic E-state index is 12.6. The Morgan fingerprint density at radius 3 is 2.70 bits per heavy atom. The summed E-state index contributed by atoms with van der Waals surface area (Å²) < 4.78 is 11.2. The standard InChI is InChI=1S/C23H36N2O5/c1-2-3-4-5-6-7-22(27)24-19(16-25-11-10-18(26)15-25)23(28)17-8-9-20-21(14-17)30-13-12-29-20/h8-9,14,18-19,23,26,28H,2-7,10-13,15-16H2,1H3,(H,24,27)/t18-,19-,23+/m1/s1. The number of aliphatic hydroxyl groups is 2. The van der Waals surface area contributed by atoms with Gasteiger partial charge in [0.15, 0.2) is 11.5 Å². The molecule has 2 aliphatic rings. The second-order valence-corrected chi connectivity index (χ2v) is 8.39. The van der Waals surface area contributed by atoms with E-state index in [0.29, 0.717) is 49.8 Å². The zero-order valence-corrected chi connectivity index (χ0v) is 18.0. The van der Waals surface area contributed by atoms with E-state index in [9.17, 15) is 15.0 Å². The van der Waals surface area contributed by atoms with Crippen molar-refractivity contribution < 1.29 is 24.5 Å². The van der Waals surface area contributed by atoms with Crippen molar-refractivity contribution >= 4 is 5.91 Å². The summed E-state index contributed by atoms with van der Waals surface area (Å²) in [6.45, 7) is 5.00. The van der Waals surface area contributed by atoms with Gasteiger partial charge in [-0.25, -0.2) is 0 Å². The maximum Gasteiger partial charge on any atom is 0.220 e. The predicted molar refractivity (Wildman–Crippen MR) is 115 cm³/mol. The lowest BCUT2D eigenvalue weighted by Gasteiger charge is -2.29. The first-order valence-corrected chi connectivity index (χ1v) is 11.3.